The van der Waals surface area contributed by atoms with Crippen LogP contribution in [0.2, 0.25) is 0 Å². The number of nitrogens with one attached hydrogen (secondary N) is 1. The van der Waals surface area contributed by atoms with Crippen LogP contribution in [0.25, 0.3) is 0 Å². The van der Waals surface area contributed by atoms with Crippen molar-refractivity contribution >= 4 is 5.82 Å². The maximum absolute atomic E-state index is 12.2. The zero-order chi connectivity index (χ0) is 14.5. The van der Waals surface area contributed by atoms with Crippen molar-refractivity contribution < 1.29 is 0 Å². The largest absolute Gasteiger partial charge is 0.373 e. The average Bonchev–Trinajstić information content (AvgIpc) is 2.47. The van der Waals surface area contributed by atoms with E-state index >= 15 is 0 Å². The van der Waals surface area contributed by atoms with E-state index in [1.807, 2.05) is 13.0 Å². The summed E-state index contributed by atoms with van der Waals surface area (Å²) in [6, 6.07) is 5.05. The van der Waals surface area contributed by atoms with E-state index in [9.17, 15) is 9.59 Å². The first-order valence-electron chi connectivity index (χ1n) is 6.58. The Hall–Kier alpha value is -2.37. The van der Waals surface area contributed by atoms with Crippen molar-refractivity contribution in [3.63, 3.8) is 0 Å². The quantitative estimate of drug-likeness (QED) is 0.879. The molecule has 0 unspecified atom stereocenters. The van der Waals surface area contributed by atoms with Crippen LogP contribution in [-0.2, 0) is 13.1 Å². The maximum atomic E-state index is 12.2. The number of aromatic nitrogens is 3. The summed E-state index contributed by atoms with van der Waals surface area (Å²) in [5.41, 5.74) is 0.296. The van der Waals surface area contributed by atoms with E-state index in [2.05, 4.69) is 10.3 Å². The number of hydrogen-bond acceptors (Lipinski definition) is 4. The lowest BCUT2D eigenvalue weighted by Gasteiger charge is -2.09. The molecule has 0 aliphatic heterocycles. The number of rotatable bonds is 5. The van der Waals surface area contributed by atoms with Gasteiger partial charge in [-0.1, -0.05) is 6.92 Å². The van der Waals surface area contributed by atoms with Gasteiger partial charge in [0.2, 0.25) is 0 Å². The SMILES string of the molecule is CCCn1ccc(=O)n(Cc2ccnc(NC)c2)c1=O. The van der Waals surface area contributed by atoms with Gasteiger partial charge in [0.15, 0.2) is 0 Å². The predicted molar refractivity (Wildman–Crippen MR) is 78.1 cm³/mol. The Labute approximate surface area is 116 Å². The van der Waals surface area contributed by atoms with Gasteiger partial charge in [0.05, 0.1) is 6.54 Å². The van der Waals surface area contributed by atoms with Crippen LogP contribution >= 0.6 is 0 Å². The van der Waals surface area contributed by atoms with Crippen LogP contribution in [0.1, 0.15) is 18.9 Å². The Balaban J connectivity index is 2.40. The van der Waals surface area contributed by atoms with Crippen molar-refractivity contribution in [1.82, 2.24) is 14.1 Å². The molecule has 6 heteroatoms. The molecule has 0 aromatic carbocycles. The molecule has 0 atom stereocenters. The molecule has 0 saturated carbocycles. The maximum Gasteiger partial charge on any atom is 0.331 e. The lowest BCUT2D eigenvalue weighted by Crippen LogP contribution is -2.39. The fourth-order valence-electron chi connectivity index (χ4n) is 2.01. The fourth-order valence-corrected chi connectivity index (χ4v) is 2.01. The van der Waals surface area contributed by atoms with Crippen molar-refractivity contribution in [2.24, 2.45) is 0 Å². The second kappa shape index (κ2) is 6.18. The standard InChI is InChI=1S/C14H18N4O2/c1-3-7-17-8-5-13(19)18(14(17)20)10-11-4-6-16-12(9-11)15-2/h4-6,8-9H,3,7,10H2,1-2H3,(H,15,16). The molecular weight excluding hydrogens is 256 g/mol. The lowest BCUT2D eigenvalue weighted by molar-refractivity contribution is 0.570. The van der Waals surface area contributed by atoms with Crippen LogP contribution < -0.4 is 16.6 Å². The van der Waals surface area contributed by atoms with E-state index in [4.69, 9.17) is 0 Å². The topological polar surface area (TPSA) is 68.9 Å². The highest BCUT2D eigenvalue weighted by molar-refractivity contribution is 5.36. The first-order chi connectivity index (χ1) is 9.65. The highest BCUT2D eigenvalue weighted by Crippen LogP contribution is 2.06. The van der Waals surface area contributed by atoms with Crippen molar-refractivity contribution in [3.05, 3.63) is 57.0 Å². The van der Waals surface area contributed by atoms with Crippen molar-refractivity contribution in [2.45, 2.75) is 26.4 Å². The zero-order valence-electron chi connectivity index (χ0n) is 11.7. The van der Waals surface area contributed by atoms with Crippen LogP contribution in [0.5, 0.6) is 0 Å². The summed E-state index contributed by atoms with van der Waals surface area (Å²) in [6.45, 7) is 2.85. The fraction of sp³-hybridized carbons (Fsp3) is 0.357. The Kier molecular flexibility index (Phi) is 4.34. The third-order valence-corrected chi connectivity index (χ3v) is 3.03. The minimum absolute atomic E-state index is 0.249. The summed E-state index contributed by atoms with van der Waals surface area (Å²) in [5, 5.41) is 2.93. The van der Waals surface area contributed by atoms with Gasteiger partial charge in [0.25, 0.3) is 5.56 Å². The van der Waals surface area contributed by atoms with E-state index in [0.717, 1.165) is 12.0 Å². The molecule has 0 aliphatic rings. The molecule has 0 aliphatic carbocycles. The first-order valence-corrected chi connectivity index (χ1v) is 6.58. The molecule has 0 fully saturated rings. The Morgan fingerprint density at radius 2 is 2.10 bits per heavy atom. The van der Waals surface area contributed by atoms with Gasteiger partial charge in [-0.15, -0.1) is 0 Å². The molecule has 0 radical (unpaired) electrons. The molecule has 20 heavy (non-hydrogen) atoms. The third-order valence-electron chi connectivity index (χ3n) is 3.03. The molecule has 0 saturated heterocycles. The van der Waals surface area contributed by atoms with E-state index in [1.165, 1.54) is 10.6 Å². The average molecular weight is 274 g/mol. The van der Waals surface area contributed by atoms with Gasteiger partial charge in [0.1, 0.15) is 5.82 Å². The highest BCUT2D eigenvalue weighted by Gasteiger charge is 2.06. The van der Waals surface area contributed by atoms with E-state index < -0.39 is 0 Å². The number of aryl methyl sites for hydroxylation is 1. The van der Waals surface area contributed by atoms with E-state index in [1.54, 1.807) is 30.1 Å². The molecule has 2 rings (SSSR count). The van der Waals surface area contributed by atoms with Crippen LogP contribution in [0.3, 0.4) is 0 Å². The van der Waals surface area contributed by atoms with Gasteiger partial charge in [0, 0.05) is 32.1 Å². The number of nitrogens with zero attached hydrogens (tertiary/aromatic N) is 3. The Morgan fingerprint density at radius 3 is 2.80 bits per heavy atom. The molecule has 0 amide bonds. The van der Waals surface area contributed by atoms with Crippen LogP contribution in [0, 0.1) is 0 Å². The van der Waals surface area contributed by atoms with E-state index in [0.29, 0.717) is 12.4 Å². The monoisotopic (exact) mass is 274 g/mol. The van der Waals surface area contributed by atoms with Crippen molar-refractivity contribution in [3.8, 4) is 0 Å². The summed E-state index contributed by atoms with van der Waals surface area (Å²) in [4.78, 5) is 28.2. The molecule has 2 aromatic rings. The first kappa shape index (κ1) is 14.0. The number of pyridine rings is 1. The second-order valence-electron chi connectivity index (χ2n) is 4.52. The Bertz CT molecular complexity index is 703. The van der Waals surface area contributed by atoms with Crippen molar-refractivity contribution in [2.75, 3.05) is 12.4 Å². The smallest absolute Gasteiger partial charge is 0.331 e. The third kappa shape index (κ3) is 2.96. The van der Waals surface area contributed by atoms with Crippen LogP contribution in [-0.4, -0.2) is 21.2 Å². The molecule has 2 heterocycles. The molecule has 1 N–H and O–H groups in total. The summed E-state index contributed by atoms with van der Waals surface area (Å²) in [5.74, 6) is 0.709. The van der Waals surface area contributed by atoms with E-state index in [-0.39, 0.29) is 17.8 Å². The van der Waals surface area contributed by atoms with Gasteiger partial charge >= 0.3 is 5.69 Å². The minimum atomic E-state index is -0.287. The minimum Gasteiger partial charge on any atom is -0.373 e. The molecule has 0 bridgehead atoms. The molecule has 0 spiro atoms. The molecular formula is C14H18N4O2. The zero-order valence-corrected chi connectivity index (χ0v) is 11.7. The van der Waals surface area contributed by atoms with Gasteiger partial charge in [-0.2, -0.15) is 0 Å². The Morgan fingerprint density at radius 1 is 1.30 bits per heavy atom. The van der Waals surface area contributed by atoms with Gasteiger partial charge < -0.3 is 9.88 Å². The number of hydrogen-bond donors (Lipinski definition) is 1. The second-order valence-corrected chi connectivity index (χ2v) is 4.52. The van der Waals surface area contributed by atoms with Crippen molar-refractivity contribution in [1.29, 1.82) is 0 Å². The van der Waals surface area contributed by atoms with Crippen LogP contribution in [0.4, 0.5) is 5.82 Å². The predicted octanol–water partition coefficient (Wildman–Crippen LogP) is 0.905. The normalized spacial score (nSPS) is 10.5. The summed E-state index contributed by atoms with van der Waals surface area (Å²) >= 11 is 0. The van der Waals surface area contributed by atoms with Gasteiger partial charge in [-0.3, -0.25) is 9.36 Å². The van der Waals surface area contributed by atoms with Gasteiger partial charge in [-0.05, 0) is 24.1 Å². The highest BCUT2D eigenvalue weighted by atomic mass is 16.2. The molecule has 6 nitrogen and oxygen atoms in total. The summed E-state index contributed by atoms with van der Waals surface area (Å²) in [7, 11) is 1.77. The van der Waals surface area contributed by atoms with Crippen LogP contribution in [0.15, 0.2) is 40.2 Å². The molecule has 106 valence electrons. The number of anilines is 1. The van der Waals surface area contributed by atoms with Gasteiger partial charge in [-0.25, -0.2) is 9.78 Å². The summed E-state index contributed by atoms with van der Waals surface area (Å²) < 4.78 is 2.80. The molecule has 2 aromatic heterocycles. The lowest BCUT2D eigenvalue weighted by atomic mass is 10.2. The summed E-state index contributed by atoms with van der Waals surface area (Å²) in [6.07, 6.45) is 4.05.